The molecule has 2 saturated heterocycles. The molecule has 2 heterocycles. The monoisotopic (exact) mass is 276 g/mol. The minimum Gasteiger partial charge on any atom is -0.399 e. The molecule has 0 bridgehead atoms. The maximum Gasteiger partial charge on any atom is 0.227 e. The van der Waals surface area contributed by atoms with Crippen molar-refractivity contribution in [1.82, 2.24) is 4.90 Å². The first-order valence-corrected chi connectivity index (χ1v) is 7.07. The summed E-state index contributed by atoms with van der Waals surface area (Å²) in [6, 6.07) is 7.44. The molecule has 2 aliphatic rings. The van der Waals surface area contributed by atoms with E-state index in [0.717, 1.165) is 24.9 Å². The van der Waals surface area contributed by atoms with Gasteiger partial charge in [-0.05, 0) is 24.1 Å². The number of ether oxygens (including phenoxy) is 2. The van der Waals surface area contributed by atoms with Crippen LogP contribution in [0.4, 0.5) is 5.69 Å². The van der Waals surface area contributed by atoms with Crippen molar-refractivity contribution in [2.75, 3.05) is 32.0 Å². The van der Waals surface area contributed by atoms with Crippen molar-refractivity contribution in [3.63, 3.8) is 0 Å². The van der Waals surface area contributed by atoms with Crippen LogP contribution in [0.3, 0.4) is 0 Å². The van der Waals surface area contributed by atoms with E-state index in [9.17, 15) is 4.79 Å². The maximum atomic E-state index is 12.4. The highest BCUT2D eigenvalue weighted by atomic mass is 16.7. The van der Waals surface area contributed by atoms with Crippen LogP contribution in [0.15, 0.2) is 24.3 Å². The number of carbonyl (C=O) groups excluding carboxylic acids is 1. The lowest BCUT2D eigenvalue weighted by molar-refractivity contribution is -0.192. The van der Waals surface area contributed by atoms with Crippen molar-refractivity contribution in [3.05, 3.63) is 29.8 Å². The second-order valence-electron chi connectivity index (χ2n) is 5.44. The van der Waals surface area contributed by atoms with Crippen molar-refractivity contribution in [2.45, 2.75) is 25.0 Å². The van der Waals surface area contributed by atoms with Gasteiger partial charge in [-0.1, -0.05) is 12.1 Å². The summed E-state index contributed by atoms with van der Waals surface area (Å²) in [5.74, 6) is -0.428. The number of hydrogen-bond acceptors (Lipinski definition) is 4. The van der Waals surface area contributed by atoms with E-state index < -0.39 is 5.79 Å². The molecule has 0 unspecified atom stereocenters. The van der Waals surface area contributed by atoms with E-state index in [-0.39, 0.29) is 5.91 Å². The third-order valence-corrected chi connectivity index (χ3v) is 3.92. The van der Waals surface area contributed by atoms with Crippen LogP contribution in [-0.4, -0.2) is 42.9 Å². The fourth-order valence-corrected chi connectivity index (χ4v) is 2.86. The molecule has 5 nitrogen and oxygen atoms in total. The van der Waals surface area contributed by atoms with Gasteiger partial charge in [0.05, 0.1) is 26.2 Å². The van der Waals surface area contributed by atoms with Crippen LogP contribution in [0.25, 0.3) is 0 Å². The molecule has 2 fully saturated rings. The summed E-state index contributed by atoms with van der Waals surface area (Å²) in [5, 5.41) is 0. The molecular weight excluding hydrogens is 256 g/mol. The average Bonchev–Trinajstić information content (AvgIpc) is 2.89. The zero-order chi connectivity index (χ0) is 14.0. The number of anilines is 1. The summed E-state index contributed by atoms with van der Waals surface area (Å²) in [6.45, 7) is 2.57. The summed E-state index contributed by atoms with van der Waals surface area (Å²) in [5.41, 5.74) is 7.35. The molecule has 0 aliphatic carbocycles. The Labute approximate surface area is 118 Å². The van der Waals surface area contributed by atoms with Gasteiger partial charge in [0.25, 0.3) is 0 Å². The van der Waals surface area contributed by atoms with E-state index in [1.54, 1.807) is 0 Å². The average molecular weight is 276 g/mol. The number of amides is 1. The summed E-state index contributed by atoms with van der Waals surface area (Å²) >= 11 is 0. The van der Waals surface area contributed by atoms with Crippen LogP contribution >= 0.6 is 0 Å². The number of carbonyl (C=O) groups is 1. The number of likely N-dealkylation sites (tertiary alicyclic amines) is 1. The number of nitrogen functional groups attached to an aromatic ring is 1. The fourth-order valence-electron chi connectivity index (χ4n) is 2.86. The van der Waals surface area contributed by atoms with E-state index in [1.807, 2.05) is 29.2 Å². The normalized spacial score (nSPS) is 21.3. The Balaban J connectivity index is 1.63. The Morgan fingerprint density at radius 2 is 1.95 bits per heavy atom. The van der Waals surface area contributed by atoms with Gasteiger partial charge in [-0.2, -0.15) is 0 Å². The number of hydrogen-bond donors (Lipinski definition) is 1. The van der Waals surface area contributed by atoms with Crippen LogP contribution < -0.4 is 5.73 Å². The van der Waals surface area contributed by atoms with Gasteiger partial charge in [-0.15, -0.1) is 0 Å². The molecule has 1 amide bonds. The molecule has 5 heteroatoms. The van der Waals surface area contributed by atoms with Gasteiger partial charge in [0.2, 0.25) is 5.91 Å². The number of nitrogens with zero attached hydrogens (tertiary/aromatic N) is 1. The first-order valence-electron chi connectivity index (χ1n) is 7.07. The fraction of sp³-hybridized carbons (Fsp3) is 0.533. The van der Waals surface area contributed by atoms with Crippen LogP contribution in [0.1, 0.15) is 18.4 Å². The Morgan fingerprint density at radius 3 is 2.65 bits per heavy atom. The lowest BCUT2D eigenvalue weighted by Gasteiger charge is -2.38. The molecule has 0 aromatic heterocycles. The van der Waals surface area contributed by atoms with Crippen molar-refractivity contribution in [1.29, 1.82) is 0 Å². The Hall–Kier alpha value is -1.59. The Kier molecular flexibility index (Phi) is 3.63. The summed E-state index contributed by atoms with van der Waals surface area (Å²) < 4.78 is 11.4. The van der Waals surface area contributed by atoms with Crippen molar-refractivity contribution >= 4 is 11.6 Å². The lowest BCUT2D eigenvalue weighted by Crippen LogP contribution is -2.51. The Morgan fingerprint density at radius 1 is 1.25 bits per heavy atom. The second-order valence-corrected chi connectivity index (χ2v) is 5.44. The molecule has 1 spiro atoms. The van der Waals surface area contributed by atoms with Crippen molar-refractivity contribution in [3.8, 4) is 0 Å². The molecule has 0 atom stereocenters. The molecule has 0 saturated carbocycles. The summed E-state index contributed by atoms with van der Waals surface area (Å²) in [7, 11) is 0. The van der Waals surface area contributed by atoms with E-state index in [2.05, 4.69) is 0 Å². The zero-order valence-electron chi connectivity index (χ0n) is 11.5. The first kappa shape index (κ1) is 13.4. The van der Waals surface area contributed by atoms with E-state index >= 15 is 0 Å². The second kappa shape index (κ2) is 5.42. The van der Waals surface area contributed by atoms with Gasteiger partial charge in [0.15, 0.2) is 5.79 Å². The van der Waals surface area contributed by atoms with E-state index in [4.69, 9.17) is 15.2 Å². The first-order chi connectivity index (χ1) is 9.67. The molecule has 1 aromatic carbocycles. The van der Waals surface area contributed by atoms with Gasteiger partial charge in [-0.3, -0.25) is 4.79 Å². The van der Waals surface area contributed by atoms with Gasteiger partial charge in [0, 0.05) is 18.7 Å². The third kappa shape index (κ3) is 2.78. The van der Waals surface area contributed by atoms with Crippen LogP contribution in [0.2, 0.25) is 0 Å². The predicted molar refractivity (Wildman–Crippen MR) is 75.0 cm³/mol. The molecule has 1 aromatic rings. The van der Waals surface area contributed by atoms with E-state index in [1.165, 1.54) is 0 Å². The van der Waals surface area contributed by atoms with Crippen LogP contribution in [0, 0.1) is 0 Å². The SMILES string of the molecule is Nc1ccc(CC(=O)N2CCCC3(C2)OCCO3)cc1. The highest BCUT2D eigenvalue weighted by Crippen LogP contribution is 2.30. The molecule has 3 rings (SSSR count). The number of benzene rings is 1. The largest absolute Gasteiger partial charge is 0.399 e. The highest BCUT2D eigenvalue weighted by molar-refractivity contribution is 5.79. The van der Waals surface area contributed by atoms with Gasteiger partial charge < -0.3 is 20.1 Å². The lowest BCUT2D eigenvalue weighted by atomic mass is 10.0. The minimum atomic E-state index is -0.547. The number of nitrogens with two attached hydrogens (primary N) is 1. The van der Waals surface area contributed by atoms with Crippen molar-refractivity contribution < 1.29 is 14.3 Å². The van der Waals surface area contributed by atoms with Gasteiger partial charge in [-0.25, -0.2) is 0 Å². The van der Waals surface area contributed by atoms with Crippen LogP contribution in [0.5, 0.6) is 0 Å². The third-order valence-electron chi connectivity index (χ3n) is 3.92. The van der Waals surface area contributed by atoms with Crippen LogP contribution in [-0.2, 0) is 20.7 Å². The molecule has 2 N–H and O–H groups in total. The maximum absolute atomic E-state index is 12.4. The van der Waals surface area contributed by atoms with Crippen molar-refractivity contribution in [2.24, 2.45) is 0 Å². The van der Waals surface area contributed by atoms with Gasteiger partial charge >= 0.3 is 0 Å². The number of rotatable bonds is 2. The predicted octanol–water partition coefficient (Wildman–Crippen LogP) is 1.18. The molecular formula is C15H20N2O3. The van der Waals surface area contributed by atoms with Gasteiger partial charge in [0.1, 0.15) is 0 Å². The van der Waals surface area contributed by atoms with E-state index in [0.29, 0.717) is 31.9 Å². The highest BCUT2D eigenvalue weighted by Gasteiger charge is 2.41. The molecule has 108 valence electrons. The summed E-state index contributed by atoms with van der Waals surface area (Å²) in [6.07, 6.45) is 2.20. The minimum absolute atomic E-state index is 0.118. The smallest absolute Gasteiger partial charge is 0.227 e. The molecule has 2 aliphatic heterocycles. The summed E-state index contributed by atoms with van der Waals surface area (Å²) in [4.78, 5) is 14.2. The Bertz CT molecular complexity index is 480. The topological polar surface area (TPSA) is 64.8 Å². The number of piperidine rings is 1. The molecule has 20 heavy (non-hydrogen) atoms. The zero-order valence-corrected chi connectivity index (χ0v) is 11.5. The standard InChI is InChI=1S/C15H20N2O3/c16-13-4-2-12(3-5-13)10-14(18)17-7-1-6-15(11-17)19-8-9-20-15/h2-5H,1,6-11,16H2. The quantitative estimate of drug-likeness (QED) is 0.824. The molecule has 0 radical (unpaired) electrons.